The highest BCUT2D eigenvalue weighted by molar-refractivity contribution is 9.10. The molecule has 0 radical (unpaired) electrons. The maximum Gasteiger partial charge on any atom is 0.0891 e. The van der Waals surface area contributed by atoms with Gasteiger partial charge in [-0.25, -0.2) is 0 Å². The maximum absolute atomic E-state index is 5.53. The van der Waals surface area contributed by atoms with Gasteiger partial charge in [-0.3, -0.25) is 4.98 Å². The number of nitrogens with zero attached hydrogens (tertiary/aromatic N) is 2. The molecule has 15 heavy (non-hydrogen) atoms. The van der Waals surface area contributed by atoms with Crippen LogP contribution in [0.15, 0.2) is 16.7 Å². The van der Waals surface area contributed by atoms with Gasteiger partial charge >= 0.3 is 0 Å². The number of rotatable bonds is 5. The third-order valence-corrected chi connectivity index (χ3v) is 2.51. The van der Waals surface area contributed by atoms with Crippen LogP contribution < -0.4 is 0 Å². The summed E-state index contributed by atoms with van der Waals surface area (Å²) in [6.45, 7) is 4.31. The zero-order valence-corrected chi connectivity index (χ0v) is 11.0. The molecule has 1 aromatic heterocycles. The third-order valence-electron chi connectivity index (χ3n) is 2.07. The molecular weight excluding hydrogens is 256 g/mol. The topological polar surface area (TPSA) is 25.4 Å². The monoisotopic (exact) mass is 272 g/mol. The van der Waals surface area contributed by atoms with Gasteiger partial charge in [-0.15, -0.1) is 0 Å². The van der Waals surface area contributed by atoms with Crippen molar-refractivity contribution >= 4 is 15.9 Å². The summed E-state index contributed by atoms with van der Waals surface area (Å²) in [6.07, 6.45) is 1.80. The number of hydrogen-bond acceptors (Lipinski definition) is 3. The average molecular weight is 273 g/mol. The number of halogens is 1. The summed E-state index contributed by atoms with van der Waals surface area (Å²) in [7, 11) is 4.07. The Morgan fingerprint density at radius 1 is 1.47 bits per heavy atom. The van der Waals surface area contributed by atoms with Crippen LogP contribution in [0.1, 0.15) is 11.3 Å². The molecule has 1 aromatic rings. The molecule has 0 unspecified atom stereocenters. The number of hydrogen-bond donors (Lipinski definition) is 0. The Morgan fingerprint density at radius 3 is 2.80 bits per heavy atom. The molecule has 0 atom stereocenters. The van der Waals surface area contributed by atoms with Crippen LogP contribution in [0.25, 0.3) is 0 Å². The van der Waals surface area contributed by atoms with Crippen LogP contribution in [-0.2, 0) is 11.3 Å². The third kappa shape index (κ3) is 4.73. The molecule has 84 valence electrons. The van der Waals surface area contributed by atoms with Crippen molar-refractivity contribution < 1.29 is 4.74 Å². The van der Waals surface area contributed by atoms with Crippen molar-refractivity contribution in [3.8, 4) is 0 Å². The summed E-state index contributed by atoms with van der Waals surface area (Å²) in [5.41, 5.74) is 2.17. The van der Waals surface area contributed by atoms with Gasteiger partial charge in [-0.05, 0) is 48.6 Å². The van der Waals surface area contributed by atoms with Crippen LogP contribution in [0, 0.1) is 6.92 Å². The van der Waals surface area contributed by atoms with Gasteiger partial charge in [0.25, 0.3) is 0 Å². The van der Waals surface area contributed by atoms with Gasteiger partial charge in [0.05, 0.1) is 18.9 Å². The molecule has 4 heteroatoms. The first-order chi connectivity index (χ1) is 7.09. The summed E-state index contributed by atoms with van der Waals surface area (Å²) in [6, 6.07) is 2.05. The van der Waals surface area contributed by atoms with Gasteiger partial charge in [0.2, 0.25) is 0 Å². The minimum absolute atomic E-state index is 0.590. The van der Waals surface area contributed by atoms with E-state index in [-0.39, 0.29) is 0 Å². The van der Waals surface area contributed by atoms with Crippen molar-refractivity contribution in [3.63, 3.8) is 0 Å². The fraction of sp³-hybridized carbons (Fsp3) is 0.545. The molecule has 1 rings (SSSR count). The van der Waals surface area contributed by atoms with Gasteiger partial charge in [-0.1, -0.05) is 0 Å². The summed E-state index contributed by atoms with van der Waals surface area (Å²) >= 11 is 3.39. The van der Waals surface area contributed by atoms with Gasteiger partial charge in [0, 0.05) is 17.2 Å². The van der Waals surface area contributed by atoms with Gasteiger partial charge in [0.1, 0.15) is 0 Å². The fourth-order valence-corrected chi connectivity index (χ4v) is 1.58. The maximum atomic E-state index is 5.53. The Labute approximate surface area is 99.6 Å². The lowest BCUT2D eigenvalue weighted by Gasteiger charge is -2.10. The zero-order valence-electron chi connectivity index (χ0n) is 9.46. The number of likely N-dealkylation sites (N-methyl/N-ethyl adjacent to an activating group) is 1. The van der Waals surface area contributed by atoms with E-state index in [1.807, 2.05) is 21.0 Å². The first kappa shape index (κ1) is 12.6. The number of pyridine rings is 1. The van der Waals surface area contributed by atoms with Gasteiger partial charge in [-0.2, -0.15) is 0 Å². The molecule has 3 nitrogen and oxygen atoms in total. The van der Waals surface area contributed by atoms with E-state index in [4.69, 9.17) is 4.74 Å². The molecule has 0 N–H and O–H groups in total. The Kier molecular flexibility index (Phi) is 5.22. The molecule has 0 bridgehead atoms. The van der Waals surface area contributed by atoms with Crippen LogP contribution in [0.2, 0.25) is 0 Å². The average Bonchev–Trinajstić information content (AvgIpc) is 2.14. The number of aryl methyl sites for hydroxylation is 1. The van der Waals surface area contributed by atoms with Crippen molar-refractivity contribution in [1.29, 1.82) is 0 Å². The second kappa shape index (κ2) is 6.20. The Hall–Kier alpha value is -0.450. The number of aromatic nitrogens is 1. The van der Waals surface area contributed by atoms with E-state index in [0.717, 1.165) is 28.9 Å². The number of ether oxygens (including phenoxy) is 1. The lowest BCUT2D eigenvalue weighted by atomic mass is 10.2. The van der Waals surface area contributed by atoms with Crippen molar-refractivity contribution in [1.82, 2.24) is 9.88 Å². The second-order valence-electron chi connectivity index (χ2n) is 3.77. The van der Waals surface area contributed by atoms with E-state index in [1.54, 1.807) is 6.20 Å². The molecule has 0 amide bonds. The van der Waals surface area contributed by atoms with Crippen molar-refractivity contribution in [2.75, 3.05) is 27.2 Å². The Bertz CT molecular complexity index is 315. The van der Waals surface area contributed by atoms with E-state index in [1.165, 1.54) is 0 Å². The highest BCUT2D eigenvalue weighted by Crippen LogP contribution is 2.13. The highest BCUT2D eigenvalue weighted by atomic mass is 79.9. The van der Waals surface area contributed by atoms with Crippen LogP contribution in [0.5, 0.6) is 0 Å². The molecule has 0 aliphatic carbocycles. The van der Waals surface area contributed by atoms with Crippen LogP contribution in [0.4, 0.5) is 0 Å². The summed E-state index contributed by atoms with van der Waals surface area (Å²) in [4.78, 5) is 6.41. The molecule has 0 fully saturated rings. The SMILES string of the molecule is Cc1cc(Br)cnc1COCCN(C)C. The van der Waals surface area contributed by atoms with Crippen LogP contribution >= 0.6 is 15.9 Å². The normalized spacial score (nSPS) is 11.0. The highest BCUT2D eigenvalue weighted by Gasteiger charge is 2.00. The van der Waals surface area contributed by atoms with Crippen molar-refractivity contribution in [2.45, 2.75) is 13.5 Å². The largest absolute Gasteiger partial charge is 0.374 e. The summed E-state index contributed by atoms with van der Waals surface area (Å²) in [5.74, 6) is 0. The van der Waals surface area contributed by atoms with Crippen LogP contribution in [-0.4, -0.2) is 37.1 Å². The van der Waals surface area contributed by atoms with Crippen molar-refractivity contribution in [2.24, 2.45) is 0 Å². The summed E-state index contributed by atoms with van der Waals surface area (Å²) in [5, 5.41) is 0. The van der Waals surface area contributed by atoms with E-state index in [2.05, 4.69) is 31.9 Å². The molecular formula is C11H17BrN2O. The van der Waals surface area contributed by atoms with Gasteiger partial charge < -0.3 is 9.64 Å². The van der Waals surface area contributed by atoms with E-state index >= 15 is 0 Å². The minimum atomic E-state index is 0.590. The lowest BCUT2D eigenvalue weighted by molar-refractivity contribution is 0.103. The Balaban J connectivity index is 2.37. The fourth-order valence-electron chi connectivity index (χ4n) is 1.14. The van der Waals surface area contributed by atoms with Crippen LogP contribution in [0.3, 0.4) is 0 Å². The molecule has 0 aromatic carbocycles. The molecule has 0 aliphatic rings. The molecule has 1 heterocycles. The predicted molar refractivity (Wildman–Crippen MR) is 64.9 cm³/mol. The molecule has 0 spiro atoms. The van der Waals surface area contributed by atoms with Gasteiger partial charge in [0.15, 0.2) is 0 Å². The predicted octanol–water partition coefficient (Wildman–Crippen LogP) is 2.23. The van der Waals surface area contributed by atoms with Crippen molar-refractivity contribution in [3.05, 3.63) is 28.0 Å². The Morgan fingerprint density at radius 2 is 2.20 bits per heavy atom. The standard InChI is InChI=1S/C11H17BrN2O/c1-9-6-10(12)7-13-11(9)8-15-5-4-14(2)3/h6-7H,4-5,8H2,1-3H3. The molecule has 0 aliphatic heterocycles. The summed E-state index contributed by atoms with van der Waals surface area (Å²) < 4.78 is 6.54. The quantitative estimate of drug-likeness (QED) is 0.769. The van der Waals surface area contributed by atoms with E-state index in [9.17, 15) is 0 Å². The molecule has 0 saturated carbocycles. The lowest BCUT2D eigenvalue weighted by Crippen LogP contribution is -2.18. The minimum Gasteiger partial charge on any atom is -0.374 e. The first-order valence-electron chi connectivity index (χ1n) is 4.93. The van der Waals surface area contributed by atoms with E-state index < -0.39 is 0 Å². The second-order valence-corrected chi connectivity index (χ2v) is 4.69. The molecule has 0 saturated heterocycles. The smallest absolute Gasteiger partial charge is 0.0891 e. The zero-order chi connectivity index (χ0) is 11.3. The van der Waals surface area contributed by atoms with E-state index in [0.29, 0.717) is 6.61 Å². The first-order valence-corrected chi connectivity index (χ1v) is 5.72.